The van der Waals surface area contributed by atoms with Crippen molar-refractivity contribution in [1.82, 2.24) is 0 Å². The first kappa shape index (κ1) is 14.8. The Hall–Kier alpha value is -2.78. The molecule has 0 aliphatic rings. The normalized spacial score (nSPS) is 11.0. The first-order valence-electron chi connectivity index (χ1n) is 7.63. The number of carboxylic acids is 1. The molecule has 0 aliphatic carbocycles. The van der Waals surface area contributed by atoms with E-state index in [2.05, 4.69) is 24.3 Å². The minimum absolute atomic E-state index is 0.232. The van der Waals surface area contributed by atoms with Crippen LogP contribution in [0.1, 0.15) is 10.4 Å². The van der Waals surface area contributed by atoms with Crippen LogP contribution in [0.5, 0.6) is 0 Å². The van der Waals surface area contributed by atoms with Crippen molar-refractivity contribution in [1.29, 1.82) is 0 Å². The van der Waals surface area contributed by atoms with E-state index in [1.165, 1.54) is 5.39 Å². The van der Waals surface area contributed by atoms with E-state index >= 15 is 0 Å². The highest BCUT2D eigenvalue weighted by Crippen LogP contribution is 2.38. The predicted octanol–water partition coefficient (Wildman–Crippen LogP) is 4.51. The maximum Gasteiger partial charge on any atom is 0.0721 e. The third kappa shape index (κ3) is 2.53. The van der Waals surface area contributed by atoms with Gasteiger partial charge in [0.25, 0.3) is 0 Å². The van der Waals surface area contributed by atoms with Gasteiger partial charge in [0, 0.05) is 20.7 Å². The average molecular weight is 329 g/mol. The van der Waals surface area contributed by atoms with Gasteiger partial charge in [0.15, 0.2) is 0 Å². The van der Waals surface area contributed by atoms with Crippen molar-refractivity contribution in [2.45, 2.75) is 9.79 Å². The van der Waals surface area contributed by atoms with E-state index in [-0.39, 0.29) is 5.56 Å². The zero-order valence-electron chi connectivity index (χ0n) is 12.7. The Morgan fingerprint density at radius 1 is 0.708 bits per heavy atom. The van der Waals surface area contributed by atoms with Gasteiger partial charge in [-0.1, -0.05) is 78.5 Å². The minimum atomic E-state index is -1.15. The van der Waals surface area contributed by atoms with Crippen LogP contribution in [0.4, 0.5) is 0 Å². The van der Waals surface area contributed by atoms with Crippen LogP contribution in [0.25, 0.3) is 21.5 Å². The molecule has 0 amide bonds. The topological polar surface area (TPSA) is 40.1 Å². The molecule has 0 heterocycles. The van der Waals surface area contributed by atoms with Gasteiger partial charge >= 0.3 is 0 Å². The SMILES string of the molecule is O=C([O-])c1cccc2cccc(Sc3cccc4ccccc34)c12. The summed E-state index contributed by atoms with van der Waals surface area (Å²) in [6, 6.07) is 25.5. The third-order valence-electron chi connectivity index (χ3n) is 4.06. The van der Waals surface area contributed by atoms with Crippen molar-refractivity contribution >= 4 is 39.3 Å². The van der Waals surface area contributed by atoms with Crippen molar-refractivity contribution in [3.63, 3.8) is 0 Å². The number of fused-ring (bicyclic) bond motifs is 2. The van der Waals surface area contributed by atoms with Crippen LogP contribution in [0.2, 0.25) is 0 Å². The van der Waals surface area contributed by atoms with Gasteiger partial charge in [0.05, 0.1) is 5.97 Å². The fourth-order valence-corrected chi connectivity index (χ4v) is 4.12. The molecule has 2 nitrogen and oxygen atoms in total. The lowest BCUT2D eigenvalue weighted by atomic mass is 10.0. The third-order valence-corrected chi connectivity index (χ3v) is 5.19. The molecular weight excluding hydrogens is 316 g/mol. The molecule has 3 heteroatoms. The van der Waals surface area contributed by atoms with Gasteiger partial charge in [-0.15, -0.1) is 0 Å². The molecular formula is C21H13O2S-. The largest absolute Gasteiger partial charge is 0.545 e. The van der Waals surface area contributed by atoms with Gasteiger partial charge in [-0.05, 0) is 28.3 Å². The van der Waals surface area contributed by atoms with Crippen molar-refractivity contribution in [2.24, 2.45) is 0 Å². The van der Waals surface area contributed by atoms with Crippen molar-refractivity contribution in [2.75, 3.05) is 0 Å². The summed E-state index contributed by atoms with van der Waals surface area (Å²) in [6.07, 6.45) is 0. The summed E-state index contributed by atoms with van der Waals surface area (Å²) in [4.78, 5) is 13.5. The number of aromatic carboxylic acids is 1. The summed E-state index contributed by atoms with van der Waals surface area (Å²) >= 11 is 1.59. The molecule has 4 rings (SSSR count). The molecule has 0 atom stereocenters. The Labute approximate surface area is 143 Å². The number of benzene rings is 4. The zero-order chi connectivity index (χ0) is 16.5. The molecule has 116 valence electrons. The second-order valence-corrected chi connectivity index (χ2v) is 6.61. The Morgan fingerprint density at radius 3 is 2.12 bits per heavy atom. The number of carbonyl (C=O) groups excluding carboxylic acids is 1. The molecule has 0 aliphatic heterocycles. The molecule has 0 spiro atoms. The smallest absolute Gasteiger partial charge is 0.0721 e. The first-order chi connectivity index (χ1) is 11.7. The quantitative estimate of drug-likeness (QED) is 0.555. The highest BCUT2D eigenvalue weighted by molar-refractivity contribution is 7.99. The Morgan fingerprint density at radius 2 is 1.33 bits per heavy atom. The van der Waals surface area contributed by atoms with E-state index in [4.69, 9.17) is 0 Å². The van der Waals surface area contributed by atoms with E-state index in [1.807, 2.05) is 42.5 Å². The van der Waals surface area contributed by atoms with E-state index in [9.17, 15) is 9.90 Å². The monoisotopic (exact) mass is 329 g/mol. The van der Waals surface area contributed by atoms with Crippen LogP contribution in [-0.2, 0) is 0 Å². The first-order valence-corrected chi connectivity index (χ1v) is 8.44. The van der Waals surface area contributed by atoms with Gasteiger partial charge in [-0.25, -0.2) is 0 Å². The van der Waals surface area contributed by atoms with Crippen LogP contribution in [0.15, 0.2) is 88.7 Å². The van der Waals surface area contributed by atoms with E-state index < -0.39 is 5.97 Å². The van der Waals surface area contributed by atoms with Crippen LogP contribution < -0.4 is 5.11 Å². The standard InChI is InChI=1S/C21H14O2S/c22-21(23)17-11-3-8-15-9-5-13-19(20(15)17)24-18-12-4-7-14-6-1-2-10-16(14)18/h1-13H,(H,22,23)/p-1. The molecule has 0 radical (unpaired) electrons. The summed E-state index contributed by atoms with van der Waals surface area (Å²) < 4.78 is 0. The lowest BCUT2D eigenvalue weighted by Gasteiger charge is -2.13. The molecule has 0 N–H and O–H groups in total. The fourth-order valence-electron chi connectivity index (χ4n) is 2.96. The number of hydrogen-bond acceptors (Lipinski definition) is 3. The summed E-state index contributed by atoms with van der Waals surface area (Å²) in [5.74, 6) is -1.15. The van der Waals surface area contributed by atoms with Gasteiger partial charge in [0.2, 0.25) is 0 Å². The second kappa shape index (κ2) is 6.02. The second-order valence-electron chi connectivity index (χ2n) is 5.53. The van der Waals surface area contributed by atoms with Crippen molar-refractivity contribution in [3.05, 3.63) is 84.4 Å². The molecule has 24 heavy (non-hydrogen) atoms. The molecule has 4 aromatic rings. The lowest BCUT2D eigenvalue weighted by molar-refractivity contribution is -0.254. The van der Waals surface area contributed by atoms with Gasteiger partial charge in [-0.3, -0.25) is 0 Å². The molecule has 0 fully saturated rings. The van der Waals surface area contributed by atoms with Gasteiger partial charge in [0.1, 0.15) is 0 Å². The van der Waals surface area contributed by atoms with Crippen LogP contribution in [-0.4, -0.2) is 5.97 Å². The molecule has 0 aromatic heterocycles. The summed E-state index contributed by atoms with van der Waals surface area (Å²) in [6.45, 7) is 0. The van der Waals surface area contributed by atoms with Crippen molar-refractivity contribution < 1.29 is 9.90 Å². The molecule has 4 aromatic carbocycles. The summed E-state index contributed by atoms with van der Waals surface area (Å²) in [7, 11) is 0. The van der Waals surface area contributed by atoms with Crippen LogP contribution in [0.3, 0.4) is 0 Å². The number of hydrogen-bond donors (Lipinski definition) is 0. The Bertz CT molecular complexity index is 1060. The zero-order valence-corrected chi connectivity index (χ0v) is 13.5. The fraction of sp³-hybridized carbons (Fsp3) is 0. The maximum atomic E-state index is 11.5. The average Bonchev–Trinajstić information content (AvgIpc) is 2.61. The van der Waals surface area contributed by atoms with E-state index in [0.29, 0.717) is 0 Å². The van der Waals surface area contributed by atoms with Gasteiger partial charge in [-0.2, -0.15) is 0 Å². The molecule has 0 bridgehead atoms. The Kier molecular flexibility index (Phi) is 3.71. The van der Waals surface area contributed by atoms with E-state index in [0.717, 1.165) is 25.9 Å². The number of rotatable bonds is 3. The lowest BCUT2D eigenvalue weighted by Crippen LogP contribution is -2.22. The highest BCUT2D eigenvalue weighted by Gasteiger charge is 2.10. The molecule has 0 saturated heterocycles. The van der Waals surface area contributed by atoms with Gasteiger partial charge < -0.3 is 9.90 Å². The maximum absolute atomic E-state index is 11.5. The number of carboxylic acid groups (broad SMARTS) is 1. The summed E-state index contributed by atoms with van der Waals surface area (Å²) in [5, 5.41) is 15.5. The Balaban J connectivity index is 1.92. The molecule has 0 unspecified atom stereocenters. The van der Waals surface area contributed by atoms with Crippen LogP contribution >= 0.6 is 11.8 Å². The molecule has 0 saturated carbocycles. The van der Waals surface area contributed by atoms with E-state index in [1.54, 1.807) is 23.9 Å². The van der Waals surface area contributed by atoms with Crippen molar-refractivity contribution in [3.8, 4) is 0 Å². The summed E-state index contributed by atoms with van der Waals surface area (Å²) in [5.41, 5.74) is 0.232. The van der Waals surface area contributed by atoms with Crippen LogP contribution in [0, 0.1) is 0 Å². The minimum Gasteiger partial charge on any atom is -0.545 e. The predicted molar refractivity (Wildman–Crippen MR) is 96.3 cm³/mol. The highest BCUT2D eigenvalue weighted by atomic mass is 32.2. The number of carbonyl (C=O) groups is 1.